The second-order valence-electron chi connectivity index (χ2n) is 7.42. The van der Waals surface area contributed by atoms with Gasteiger partial charge in [0.1, 0.15) is 0 Å². The summed E-state index contributed by atoms with van der Waals surface area (Å²) in [7, 11) is 0. The molecule has 1 aromatic carbocycles. The molecule has 0 unspecified atom stereocenters. The van der Waals surface area contributed by atoms with E-state index in [4.69, 9.17) is 21.1 Å². The fourth-order valence-corrected chi connectivity index (χ4v) is 4.46. The molecular formula is C21H21ClN4O3. The van der Waals surface area contributed by atoms with Crippen LogP contribution in [0.2, 0.25) is 5.02 Å². The van der Waals surface area contributed by atoms with Crippen molar-refractivity contribution < 1.29 is 14.3 Å². The SMILES string of the molecule is Cc1nn(-c2ccccc2)c2ncc(C(=O)N3CCC4(CC3)OCCO4)c(Cl)c12. The van der Waals surface area contributed by atoms with E-state index >= 15 is 0 Å². The third kappa shape index (κ3) is 3.10. The summed E-state index contributed by atoms with van der Waals surface area (Å²) < 4.78 is 13.2. The van der Waals surface area contributed by atoms with Crippen molar-refractivity contribution in [1.82, 2.24) is 19.7 Å². The molecule has 0 radical (unpaired) electrons. The number of halogens is 1. The van der Waals surface area contributed by atoms with Crippen molar-refractivity contribution in [3.05, 3.63) is 52.8 Å². The number of benzene rings is 1. The highest BCUT2D eigenvalue weighted by atomic mass is 35.5. The Morgan fingerprint density at radius 1 is 1.14 bits per heavy atom. The lowest BCUT2D eigenvalue weighted by molar-refractivity contribution is -0.181. The number of rotatable bonds is 2. The van der Waals surface area contributed by atoms with Gasteiger partial charge in [-0.1, -0.05) is 29.8 Å². The van der Waals surface area contributed by atoms with E-state index in [1.54, 1.807) is 15.8 Å². The largest absolute Gasteiger partial charge is 0.347 e. The molecule has 3 aromatic rings. The first-order valence-corrected chi connectivity index (χ1v) is 10.1. The van der Waals surface area contributed by atoms with Crippen LogP contribution >= 0.6 is 11.6 Å². The Bertz CT molecular complexity index is 1070. The summed E-state index contributed by atoms with van der Waals surface area (Å²) in [4.78, 5) is 19.5. The Morgan fingerprint density at radius 3 is 2.52 bits per heavy atom. The lowest BCUT2D eigenvalue weighted by Crippen LogP contribution is -2.47. The van der Waals surface area contributed by atoms with Crippen LogP contribution in [0.25, 0.3) is 16.7 Å². The molecular weight excluding hydrogens is 392 g/mol. The number of nitrogens with zero attached hydrogens (tertiary/aromatic N) is 4. The lowest BCUT2D eigenvalue weighted by atomic mass is 10.0. The minimum Gasteiger partial charge on any atom is -0.347 e. The van der Waals surface area contributed by atoms with Crippen LogP contribution in [0.1, 0.15) is 28.9 Å². The van der Waals surface area contributed by atoms with Gasteiger partial charge in [0.15, 0.2) is 11.4 Å². The molecule has 4 heterocycles. The van der Waals surface area contributed by atoms with Crippen molar-refractivity contribution in [2.75, 3.05) is 26.3 Å². The molecule has 150 valence electrons. The second-order valence-corrected chi connectivity index (χ2v) is 7.79. The summed E-state index contributed by atoms with van der Waals surface area (Å²) >= 11 is 6.69. The van der Waals surface area contributed by atoms with Crippen LogP contribution in [0.5, 0.6) is 0 Å². The van der Waals surface area contributed by atoms with E-state index in [9.17, 15) is 4.79 Å². The van der Waals surface area contributed by atoms with E-state index in [2.05, 4.69) is 10.1 Å². The van der Waals surface area contributed by atoms with Crippen molar-refractivity contribution in [1.29, 1.82) is 0 Å². The Hall–Kier alpha value is -2.48. The predicted molar refractivity (Wildman–Crippen MR) is 108 cm³/mol. The Balaban J connectivity index is 1.46. The second kappa shape index (κ2) is 7.09. The number of carbonyl (C=O) groups excluding carboxylic acids is 1. The first-order valence-electron chi connectivity index (χ1n) is 9.74. The van der Waals surface area contributed by atoms with Crippen LogP contribution in [0.15, 0.2) is 36.5 Å². The smallest absolute Gasteiger partial charge is 0.256 e. The molecule has 8 heteroatoms. The normalized spacial score (nSPS) is 18.6. The third-order valence-electron chi connectivity index (χ3n) is 5.67. The Labute approximate surface area is 173 Å². The number of fused-ring (bicyclic) bond motifs is 1. The van der Waals surface area contributed by atoms with Crippen LogP contribution < -0.4 is 0 Å². The number of piperidine rings is 1. The summed E-state index contributed by atoms with van der Waals surface area (Å²) in [6.07, 6.45) is 2.88. The van der Waals surface area contributed by atoms with Crippen molar-refractivity contribution in [3.8, 4) is 5.69 Å². The van der Waals surface area contributed by atoms with E-state index in [0.29, 0.717) is 60.8 Å². The van der Waals surface area contributed by atoms with Gasteiger partial charge >= 0.3 is 0 Å². The highest BCUT2D eigenvalue weighted by Gasteiger charge is 2.41. The summed E-state index contributed by atoms with van der Waals surface area (Å²) in [6.45, 7) is 4.24. The molecule has 1 spiro atoms. The molecule has 2 aromatic heterocycles. The van der Waals surface area contributed by atoms with Gasteiger partial charge < -0.3 is 14.4 Å². The first-order chi connectivity index (χ1) is 14.1. The van der Waals surface area contributed by atoms with Gasteiger partial charge in [-0.3, -0.25) is 4.79 Å². The third-order valence-corrected chi connectivity index (χ3v) is 6.06. The fourth-order valence-electron chi connectivity index (χ4n) is 4.11. The number of carbonyl (C=O) groups is 1. The zero-order valence-corrected chi connectivity index (χ0v) is 16.9. The maximum Gasteiger partial charge on any atom is 0.256 e. The monoisotopic (exact) mass is 412 g/mol. The Kier molecular flexibility index (Phi) is 4.53. The zero-order chi connectivity index (χ0) is 20.0. The lowest BCUT2D eigenvalue weighted by Gasteiger charge is -2.37. The minimum atomic E-state index is -0.518. The van der Waals surface area contributed by atoms with Gasteiger partial charge in [0, 0.05) is 32.1 Å². The van der Waals surface area contributed by atoms with E-state index in [1.165, 1.54) is 0 Å². The highest BCUT2D eigenvalue weighted by Crippen LogP contribution is 2.34. The molecule has 0 saturated carbocycles. The fraction of sp³-hybridized carbons (Fsp3) is 0.381. The number of ether oxygens (including phenoxy) is 2. The summed E-state index contributed by atoms with van der Waals surface area (Å²) in [5, 5.41) is 5.70. The van der Waals surface area contributed by atoms with Crippen LogP contribution in [0, 0.1) is 6.92 Å². The van der Waals surface area contributed by atoms with Crippen LogP contribution in [0.3, 0.4) is 0 Å². The molecule has 0 aliphatic carbocycles. The van der Waals surface area contributed by atoms with Gasteiger partial charge in [-0.15, -0.1) is 0 Å². The van der Waals surface area contributed by atoms with Gasteiger partial charge in [-0.05, 0) is 19.1 Å². The quantitative estimate of drug-likeness (QED) is 0.645. The van der Waals surface area contributed by atoms with Gasteiger partial charge in [0.05, 0.1) is 40.6 Å². The minimum absolute atomic E-state index is 0.121. The van der Waals surface area contributed by atoms with E-state index in [1.807, 2.05) is 37.3 Å². The van der Waals surface area contributed by atoms with Gasteiger partial charge in [-0.25, -0.2) is 9.67 Å². The maximum atomic E-state index is 13.1. The topological polar surface area (TPSA) is 69.5 Å². The molecule has 2 fully saturated rings. The molecule has 0 atom stereocenters. The number of hydrogen-bond acceptors (Lipinski definition) is 5. The van der Waals surface area contributed by atoms with Crippen molar-refractivity contribution in [2.24, 2.45) is 0 Å². The number of aryl methyl sites for hydroxylation is 1. The zero-order valence-electron chi connectivity index (χ0n) is 16.1. The molecule has 1 amide bonds. The summed E-state index contributed by atoms with van der Waals surface area (Å²) in [5.41, 5.74) is 2.67. The van der Waals surface area contributed by atoms with E-state index in [-0.39, 0.29) is 5.91 Å². The number of aromatic nitrogens is 3. The Morgan fingerprint density at radius 2 is 1.83 bits per heavy atom. The summed E-state index contributed by atoms with van der Waals surface area (Å²) in [5.74, 6) is -0.639. The maximum absolute atomic E-state index is 13.1. The van der Waals surface area contributed by atoms with Crippen molar-refractivity contribution >= 4 is 28.5 Å². The number of hydrogen-bond donors (Lipinski definition) is 0. The average Bonchev–Trinajstić information content (AvgIpc) is 3.34. The van der Waals surface area contributed by atoms with E-state index < -0.39 is 5.79 Å². The molecule has 29 heavy (non-hydrogen) atoms. The van der Waals surface area contributed by atoms with Gasteiger partial charge in [-0.2, -0.15) is 5.10 Å². The number of likely N-dealkylation sites (tertiary alicyclic amines) is 1. The molecule has 2 saturated heterocycles. The number of amides is 1. The number of pyridine rings is 1. The molecule has 7 nitrogen and oxygen atoms in total. The van der Waals surface area contributed by atoms with E-state index in [0.717, 1.165) is 11.4 Å². The number of para-hydroxylation sites is 1. The molecule has 2 aliphatic heterocycles. The molecule has 5 rings (SSSR count). The highest BCUT2D eigenvalue weighted by molar-refractivity contribution is 6.38. The van der Waals surface area contributed by atoms with Gasteiger partial charge in [0.2, 0.25) is 0 Å². The van der Waals surface area contributed by atoms with Gasteiger partial charge in [0.25, 0.3) is 5.91 Å². The molecule has 0 bridgehead atoms. The van der Waals surface area contributed by atoms with Crippen LogP contribution in [0.4, 0.5) is 0 Å². The standard InChI is InChI=1S/C21H21ClN4O3/c1-14-17-18(22)16(13-23-19(17)26(24-14)15-5-3-2-4-6-15)20(27)25-9-7-21(8-10-25)28-11-12-29-21/h2-6,13H,7-12H2,1H3. The average molecular weight is 413 g/mol. The summed E-state index contributed by atoms with van der Waals surface area (Å²) in [6, 6.07) is 9.75. The molecule has 2 aliphatic rings. The van der Waals surface area contributed by atoms with Crippen LogP contribution in [-0.4, -0.2) is 57.7 Å². The molecule has 0 N–H and O–H groups in total. The van der Waals surface area contributed by atoms with Crippen molar-refractivity contribution in [2.45, 2.75) is 25.6 Å². The van der Waals surface area contributed by atoms with Crippen molar-refractivity contribution in [3.63, 3.8) is 0 Å². The predicted octanol–water partition coefficient (Wildman–Crippen LogP) is 3.36. The van der Waals surface area contributed by atoms with Crippen LogP contribution in [-0.2, 0) is 9.47 Å². The first kappa shape index (κ1) is 18.5.